The minimum absolute atomic E-state index is 0.0163. The van der Waals surface area contributed by atoms with E-state index >= 15 is 0 Å². The maximum absolute atomic E-state index is 13.0. The highest BCUT2D eigenvalue weighted by Gasteiger charge is 2.23. The Morgan fingerprint density at radius 2 is 0.805 bits per heavy atom. The first-order valence-electron chi connectivity index (χ1n) is 31.7. The van der Waals surface area contributed by atoms with Crippen LogP contribution >= 0.6 is 7.82 Å². The lowest BCUT2D eigenvalue weighted by atomic mass is 10.0. The molecule has 0 aliphatic heterocycles. The number of quaternary nitrogens is 1. The van der Waals surface area contributed by atoms with Crippen molar-refractivity contribution >= 4 is 13.7 Å². The number of unbranched alkanes of at least 4 members (excludes halogenated alkanes) is 28. The summed E-state index contributed by atoms with van der Waals surface area (Å²) in [4.78, 5) is 25.6. The van der Waals surface area contributed by atoms with Crippen molar-refractivity contribution in [2.75, 3.05) is 40.9 Å². The Morgan fingerprint density at radius 3 is 1.21 bits per heavy atom. The summed E-state index contributed by atoms with van der Waals surface area (Å²) in [5, 5.41) is 13.9. The minimum atomic E-state index is -4.62. The molecule has 0 aromatic rings. The topological polar surface area (TPSA) is 108 Å². The number of nitrogens with zero attached hydrogens (tertiary/aromatic N) is 1. The fourth-order valence-electron chi connectivity index (χ4n) is 8.78. The quantitative estimate of drug-likeness (QED) is 0.0272. The number of amides is 1. The number of phosphoric ester groups is 1. The van der Waals surface area contributed by atoms with Gasteiger partial charge >= 0.3 is 0 Å². The van der Waals surface area contributed by atoms with Crippen LogP contribution in [0.1, 0.15) is 264 Å². The molecule has 77 heavy (non-hydrogen) atoms. The second-order valence-electron chi connectivity index (χ2n) is 22.4. The molecule has 0 aliphatic rings. The summed E-state index contributed by atoms with van der Waals surface area (Å²) in [6.45, 7) is 4.51. The number of hydrogen-bond donors (Lipinski definition) is 2. The number of likely N-dealkylation sites (N-methyl/N-ethyl adjacent to an activating group) is 1. The van der Waals surface area contributed by atoms with Gasteiger partial charge in [0, 0.05) is 6.42 Å². The van der Waals surface area contributed by atoms with Gasteiger partial charge in [-0.25, -0.2) is 0 Å². The summed E-state index contributed by atoms with van der Waals surface area (Å²) in [6.07, 6.45) is 84.7. The van der Waals surface area contributed by atoms with Crippen LogP contribution in [0.4, 0.5) is 0 Å². The Balaban J connectivity index is 4.27. The Labute approximate surface area is 476 Å². The van der Waals surface area contributed by atoms with Gasteiger partial charge in [-0.2, -0.15) is 0 Å². The monoisotopic (exact) mass is 1090 g/mol. The van der Waals surface area contributed by atoms with Gasteiger partial charge in [-0.3, -0.25) is 9.36 Å². The van der Waals surface area contributed by atoms with Gasteiger partial charge in [-0.15, -0.1) is 0 Å². The summed E-state index contributed by atoms with van der Waals surface area (Å²) in [6, 6.07) is -0.924. The lowest BCUT2D eigenvalue weighted by Gasteiger charge is -2.29. The van der Waals surface area contributed by atoms with Crippen molar-refractivity contribution in [1.82, 2.24) is 5.32 Å². The molecule has 1 amide bonds. The van der Waals surface area contributed by atoms with Crippen LogP contribution in [0.2, 0.25) is 0 Å². The maximum Gasteiger partial charge on any atom is 0.268 e. The molecule has 0 aliphatic carbocycles. The van der Waals surface area contributed by atoms with Crippen LogP contribution in [0, 0.1) is 0 Å². The zero-order chi connectivity index (χ0) is 56.3. The third kappa shape index (κ3) is 60.6. The summed E-state index contributed by atoms with van der Waals surface area (Å²) in [5.41, 5.74) is 0. The molecule has 0 aromatic carbocycles. The van der Waals surface area contributed by atoms with Gasteiger partial charge in [0.05, 0.1) is 39.9 Å². The van der Waals surface area contributed by atoms with E-state index in [0.29, 0.717) is 17.4 Å². The Hall–Kier alpha value is -2.84. The molecular formula is C68H121N2O6P. The zero-order valence-corrected chi connectivity index (χ0v) is 51.5. The summed E-state index contributed by atoms with van der Waals surface area (Å²) < 4.78 is 23.4. The average molecular weight is 1090 g/mol. The van der Waals surface area contributed by atoms with Crippen molar-refractivity contribution in [3.05, 3.63) is 109 Å². The Bertz CT molecular complexity index is 1620. The molecule has 3 unspecified atom stereocenters. The van der Waals surface area contributed by atoms with E-state index in [0.717, 1.165) is 96.3 Å². The minimum Gasteiger partial charge on any atom is -0.756 e. The smallest absolute Gasteiger partial charge is 0.268 e. The Morgan fingerprint density at radius 1 is 0.468 bits per heavy atom. The number of carbonyl (C=O) groups is 1. The van der Waals surface area contributed by atoms with Gasteiger partial charge < -0.3 is 28.8 Å². The van der Waals surface area contributed by atoms with E-state index in [9.17, 15) is 19.4 Å². The first-order valence-corrected chi connectivity index (χ1v) is 33.2. The molecular weight excluding hydrogens is 972 g/mol. The summed E-state index contributed by atoms with van der Waals surface area (Å²) in [5.74, 6) is -0.223. The van der Waals surface area contributed by atoms with E-state index in [4.69, 9.17) is 9.05 Å². The SMILES string of the molecule is CC/C=C\C/C=C\C/C=C\C/C=C\C/C=C\C/C=C\CCCCCCCCCCC(=O)NC(COP(=O)([O-])OCC[N+](C)(C)C)C(O)/C=C/CC/C=C/CC/C=C/CCCCCCCCCCCCCCCCCCCC. The number of aliphatic hydroxyl groups is 1. The van der Waals surface area contributed by atoms with Gasteiger partial charge in [-0.05, 0) is 96.3 Å². The number of aliphatic hydroxyl groups excluding tert-OH is 1. The molecule has 0 fully saturated rings. The van der Waals surface area contributed by atoms with Crippen LogP contribution in [0.25, 0.3) is 0 Å². The molecule has 0 aromatic heterocycles. The van der Waals surface area contributed by atoms with Crippen LogP contribution in [-0.2, 0) is 18.4 Å². The molecule has 444 valence electrons. The summed E-state index contributed by atoms with van der Waals surface area (Å²) in [7, 11) is 1.22. The molecule has 9 heteroatoms. The number of rotatable bonds is 57. The molecule has 3 atom stereocenters. The molecule has 8 nitrogen and oxygen atoms in total. The lowest BCUT2D eigenvalue weighted by Crippen LogP contribution is -2.45. The van der Waals surface area contributed by atoms with Crippen molar-refractivity contribution in [2.45, 2.75) is 276 Å². The van der Waals surface area contributed by atoms with Crippen molar-refractivity contribution < 1.29 is 32.9 Å². The van der Waals surface area contributed by atoms with Crippen molar-refractivity contribution in [2.24, 2.45) is 0 Å². The number of hydrogen-bond acceptors (Lipinski definition) is 6. The highest BCUT2D eigenvalue weighted by molar-refractivity contribution is 7.45. The van der Waals surface area contributed by atoms with Gasteiger partial charge in [-0.1, -0.05) is 271 Å². The zero-order valence-electron chi connectivity index (χ0n) is 50.6. The first-order chi connectivity index (χ1) is 37.5. The highest BCUT2D eigenvalue weighted by atomic mass is 31.2. The maximum atomic E-state index is 13.0. The molecule has 0 spiro atoms. The Kier molecular flexibility index (Phi) is 55.7. The van der Waals surface area contributed by atoms with E-state index in [1.807, 2.05) is 27.2 Å². The number of allylic oxidation sites excluding steroid dienone is 17. The van der Waals surface area contributed by atoms with Gasteiger partial charge in [0.25, 0.3) is 7.82 Å². The second kappa shape index (κ2) is 57.8. The molecule has 2 N–H and O–H groups in total. The lowest BCUT2D eigenvalue weighted by molar-refractivity contribution is -0.870. The largest absolute Gasteiger partial charge is 0.756 e. The third-order valence-electron chi connectivity index (χ3n) is 13.7. The normalized spacial score (nSPS) is 14.5. The average Bonchev–Trinajstić information content (AvgIpc) is 3.39. The van der Waals surface area contributed by atoms with Crippen LogP contribution in [0.15, 0.2) is 109 Å². The fourth-order valence-corrected chi connectivity index (χ4v) is 9.50. The molecule has 0 bridgehead atoms. The molecule has 0 radical (unpaired) electrons. The highest BCUT2D eigenvalue weighted by Crippen LogP contribution is 2.38. The second-order valence-corrected chi connectivity index (χ2v) is 23.8. The number of nitrogens with one attached hydrogen (secondary N) is 1. The number of carbonyl (C=O) groups excluding carboxylic acids is 1. The van der Waals surface area contributed by atoms with E-state index in [1.54, 1.807) is 6.08 Å². The standard InChI is InChI=1S/C68H121N2O6P/c1-6-8-10-12-14-16-18-20-22-24-26-28-30-32-34-36-37-39-41-43-45-47-49-51-53-55-57-59-61-67(71)66(65-76-77(73,74)75-64-63-70(3,4)5)69-68(72)62-60-58-56-54-52-50-48-46-44-42-40-38-35-33-31-29-27-25-23-21-19-17-15-13-11-9-7-2/h9,11,15,17,21,23,27,29,33,35,40,42-43,45,51,53,59,61,66-67,71H,6-8,10,12-14,16,18-20,22,24-26,28,30-32,34,36-39,41,44,46-50,52,54-58,60,62-65H2,1-5H3,(H-,69,72,73,74)/b11-9-,17-15-,23-21-,29-27-,35-33-,42-40-,45-43+,53-51+,61-59+. The van der Waals surface area contributed by atoms with E-state index < -0.39 is 26.6 Å². The van der Waals surface area contributed by atoms with Gasteiger partial charge in [0.15, 0.2) is 0 Å². The molecule has 0 saturated heterocycles. The van der Waals surface area contributed by atoms with Crippen LogP contribution < -0.4 is 10.2 Å². The molecule has 0 rings (SSSR count). The van der Waals surface area contributed by atoms with E-state index in [1.165, 1.54) is 148 Å². The van der Waals surface area contributed by atoms with Crippen molar-refractivity contribution in [1.29, 1.82) is 0 Å². The van der Waals surface area contributed by atoms with Crippen LogP contribution in [0.5, 0.6) is 0 Å². The van der Waals surface area contributed by atoms with Crippen molar-refractivity contribution in [3.8, 4) is 0 Å². The van der Waals surface area contributed by atoms with E-state index in [-0.39, 0.29) is 12.5 Å². The van der Waals surface area contributed by atoms with Crippen LogP contribution in [-0.4, -0.2) is 68.5 Å². The molecule has 0 heterocycles. The summed E-state index contributed by atoms with van der Waals surface area (Å²) >= 11 is 0. The van der Waals surface area contributed by atoms with Crippen LogP contribution in [0.3, 0.4) is 0 Å². The van der Waals surface area contributed by atoms with Crippen molar-refractivity contribution in [3.63, 3.8) is 0 Å². The number of phosphoric acid groups is 1. The predicted octanol–water partition coefficient (Wildman–Crippen LogP) is 19.3. The van der Waals surface area contributed by atoms with Gasteiger partial charge in [0.2, 0.25) is 5.91 Å². The van der Waals surface area contributed by atoms with E-state index in [2.05, 4.69) is 116 Å². The first kappa shape index (κ1) is 74.2. The third-order valence-corrected chi connectivity index (χ3v) is 14.7. The fraction of sp³-hybridized carbons (Fsp3) is 0.721. The predicted molar refractivity (Wildman–Crippen MR) is 334 cm³/mol. The van der Waals surface area contributed by atoms with Gasteiger partial charge in [0.1, 0.15) is 13.2 Å². The molecule has 0 saturated carbocycles.